The number of nitrogens with zero attached hydrogens (tertiary/aromatic N) is 1. The molecule has 1 aliphatic rings. The van der Waals surface area contributed by atoms with E-state index in [1.54, 1.807) is 0 Å². The Bertz CT molecular complexity index is 221. The molecule has 2 heteroatoms. The van der Waals surface area contributed by atoms with Crippen molar-refractivity contribution in [1.29, 1.82) is 0 Å². The highest BCUT2D eigenvalue weighted by atomic mass is 15.2. The third-order valence-corrected chi connectivity index (χ3v) is 4.38. The van der Waals surface area contributed by atoms with Gasteiger partial charge in [-0.3, -0.25) is 0 Å². The topological polar surface area (TPSA) is 15.3 Å². The van der Waals surface area contributed by atoms with Gasteiger partial charge in [-0.2, -0.15) is 0 Å². The summed E-state index contributed by atoms with van der Waals surface area (Å²) < 4.78 is 0. The van der Waals surface area contributed by atoms with E-state index in [9.17, 15) is 0 Å². The van der Waals surface area contributed by atoms with Crippen LogP contribution in [0.3, 0.4) is 0 Å². The maximum atomic E-state index is 3.57. The summed E-state index contributed by atoms with van der Waals surface area (Å²) in [6.07, 6.45) is 1.37. The van der Waals surface area contributed by atoms with Gasteiger partial charge in [0, 0.05) is 19.1 Å². The predicted molar refractivity (Wildman–Crippen MR) is 76.3 cm³/mol. The van der Waals surface area contributed by atoms with Crippen molar-refractivity contribution in [2.24, 2.45) is 17.3 Å². The van der Waals surface area contributed by atoms with Crippen LogP contribution in [0.15, 0.2) is 0 Å². The first-order valence-electron chi connectivity index (χ1n) is 7.27. The number of hydrogen-bond donors (Lipinski definition) is 1. The van der Waals surface area contributed by atoms with Crippen LogP contribution in [-0.4, -0.2) is 37.1 Å². The summed E-state index contributed by atoms with van der Waals surface area (Å²) in [6, 6.07) is 0.621. The monoisotopic (exact) mass is 240 g/mol. The van der Waals surface area contributed by atoms with Crippen LogP contribution in [0.5, 0.6) is 0 Å². The maximum absolute atomic E-state index is 3.57. The lowest BCUT2D eigenvalue weighted by atomic mass is 9.81. The summed E-state index contributed by atoms with van der Waals surface area (Å²) in [5, 5.41) is 3.57. The SMILES string of the molecule is CC(C)NCC1CCN(CC(C)(C)C(C)C)C1. The summed E-state index contributed by atoms with van der Waals surface area (Å²) in [7, 11) is 0. The minimum atomic E-state index is 0.445. The smallest absolute Gasteiger partial charge is 0.00353 e. The molecule has 1 saturated heterocycles. The molecule has 0 radical (unpaired) electrons. The molecule has 1 fully saturated rings. The number of rotatable bonds is 6. The molecular formula is C15H32N2. The Morgan fingerprint density at radius 3 is 2.41 bits per heavy atom. The van der Waals surface area contributed by atoms with Crippen molar-refractivity contribution in [1.82, 2.24) is 10.2 Å². The van der Waals surface area contributed by atoms with Crippen LogP contribution in [0.25, 0.3) is 0 Å². The second kappa shape index (κ2) is 6.19. The van der Waals surface area contributed by atoms with Gasteiger partial charge in [0.05, 0.1) is 0 Å². The Morgan fingerprint density at radius 1 is 1.24 bits per heavy atom. The van der Waals surface area contributed by atoms with Crippen LogP contribution in [-0.2, 0) is 0 Å². The van der Waals surface area contributed by atoms with Crippen LogP contribution in [0.1, 0.15) is 48.0 Å². The van der Waals surface area contributed by atoms with Crippen molar-refractivity contribution in [2.45, 2.75) is 54.0 Å². The van der Waals surface area contributed by atoms with E-state index in [0.29, 0.717) is 11.5 Å². The van der Waals surface area contributed by atoms with Gasteiger partial charge in [0.15, 0.2) is 0 Å². The van der Waals surface area contributed by atoms with Crippen molar-refractivity contribution >= 4 is 0 Å². The molecule has 0 spiro atoms. The van der Waals surface area contributed by atoms with Crippen molar-refractivity contribution < 1.29 is 0 Å². The van der Waals surface area contributed by atoms with E-state index >= 15 is 0 Å². The van der Waals surface area contributed by atoms with Gasteiger partial charge in [0.1, 0.15) is 0 Å². The first kappa shape index (κ1) is 15.0. The minimum Gasteiger partial charge on any atom is -0.314 e. The number of hydrogen-bond acceptors (Lipinski definition) is 2. The third-order valence-electron chi connectivity index (χ3n) is 4.38. The summed E-state index contributed by atoms with van der Waals surface area (Å²) in [6.45, 7) is 19.0. The molecule has 0 aromatic rings. The third kappa shape index (κ3) is 4.97. The molecule has 1 N–H and O–H groups in total. The lowest BCUT2D eigenvalue weighted by molar-refractivity contribution is 0.151. The second-order valence-corrected chi connectivity index (χ2v) is 7.10. The van der Waals surface area contributed by atoms with E-state index in [-0.39, 0.29) is 0 Å². The van der Waals surface area contributed by atoms with Gasteiger partial charge in [-0.25, -0.2) is 0 Å². The molecule has 102 valence electrons. The van der Waals surface area contributed by atoms with Gasteiger partial charge in [-0.1, -0.05) is 41.5 Å². The Labute approximate surface area is 108 Å². The average molecular weight is 240 g/mol. The quantitative estimate of drug-likeness (QED) is 0.768. The lowest BCUT2D eigenvalue weighted by Gasteiger charge is -2.34. The van der Waals surface area contributed by atoms with E-state index in [4.69, 9.17) is 0 Å². The Kier molecular flexibility index (Phi) is 5.46. The molecule has 0 saturated carbocycles. The first-order valence-corrected chi connectivity index (χ1v) is 7.27. The molecule has 1 aliphatic heterocycles. The minimum absolute atomic E-state index is 0.445. The molecule has 1 unspecified atom stereocenters. The highest BCUT2D eigenvalue weighted by Crippen LogP contribution is 2.29. The standard InChI is InChI=1S/C15H32N2/c1-12(2)15(5,6)11-17-8-7-14(10-17)9-16-13(3)4/h12-14,16H,7-11H2,1-6H3. The molecular weight excluding hydrogens is 208 g/mol. The number of nitrogens with one attached hydrogen (secondary N) is 1. The van der Waals surface area contributed by atoms with Crippen LogP contribution < -0.4 is 5.32 Å². The van der Waals surface area contributed by atoms with E-state index in [1.807, 2.05) is 0 Å². The fourth-order valence-corrected chi connectivity index (χ4v) is 2.38. The zero-order valence-corrected chi connectivity index (χ0v) is 12.7. The zero-order chi connectivity index (χ0) is 13.1. The van der Waals surface area contributed by atoms with Gasteiger partial charge in [-0.05, 0) is 36.8 Å². The predicted octanol–water partition coefficient (Wildman–Crippen LogP) is 2.99. The lowest BCUT2D eigenvalue weighted by Crippen LogP contribution is -2.37. The van der Waals surface area contributed by atoms with Crippen LogP contribution in [0.4, 0.5) is 0 Å². The van der Waals surface area contributed by atoms with Gasteiger partial charge >= 0.3 is 0 Å². The molecule has 0 aliphatic carbocycles. The maximum Gasteiger partial charge on any atom is 0.00353 e. The summed E-state index contributed by atoms with van der Waals surface area (Å²) in [4.78, 5) is 2.66. The largest absolute Gasteiger partial charge is 0.314 e. The molecule has 1 heterocycles. The van der Waals surface area contributed by atoms with Crippen LogP contribution >= 0.6 is 0 Å². The van der Waals surface area contributed by atoms with Gasteiger partial charge < -0.3 is 10.2 Å². The Hall–Kier alpha value is -0.0800. The fourth-order valence-electron chi connectivity index (χ4n) is 2.38. The molecule has 1 rings (SSSR count). The van der Waals surface area contributed by atoms with Gasteiger partial charge in [-0.15, -0.1) is 0 Å². The van der Waals surface area contributed by atoms with Gasteiger partial charge in [0.25, 0.3) is 0 Å². The van der Waals surface area contributed by atoms with E-state index in [2.05, 4.69) is 51.8 Å². The van der Waals surface area contributed by atoms with E-state index in [0.717, 1.165) is 11.8 Å². The average Bonchev–Trinajstić information content (AvgIpc) is 2.61. The zero-order valence-electron chi connectivity index (χ0n) is 12.7. The molecule has 0 aromatic carbocycles. The molecule has 1 atom stereocenters. The molecule has 2 nitrogen and oxygen atoms in total. The fraction of sp³-hybridized carbons (Fsp3) is 1.00. The highest BCUT2D eigenvalue weighted by Gasteiger charge is 2.29. The van der Waals surface area contributed by atoms with Crippen molar-refractivity contribution in [3.63, 3.8) is 0 Å². The van der Waals surface area contributed by atoms with Crippen molar-refractivity contribution in [3.05, 3.63) is 0 Å². The normalized spacial score (nSPS) is 22.9. The summed E-state index contributed by atoms with van der Waals surface area (Å²) >= 11 is 0. The second-order valence-electron chi connectivity index (χ2n) is 7.10. The first-order chi connectivity index (χ1) is 7.81. The summed E-state index contributed by atoms with van der Waals surface area (Å²) in [5.74, 6) is 1.62. The van der Waals surface area contributed by atoms with E-state index in [1.165, 1.54) is 32.6 Å². The van der Waals surface area contributed by atoms with E-state index < -0.39 is 0 Å². The van der Waals surface area contributed by atoms with Crippen molar-refractivity contribution in [2.75, 3.05) is 26.2 Å². The van der Waals surface area contributed by atoms with Crippen LogP contribution in [0.2, 0.25) is 0 Å². The van der Waals surface area contributed by atoms with Crippen LogP contribution in [0, 0.1) is 17.3 Å². The highest BCUT2D eigenvalue weighted by molar-refractivity contribution is 4.83. The molecule has 0 aromatic heterocycles. The number of likely N-dealkylation sites (tertiary alicyclic amines) is 1. The molecule has 17 heavy (non-hydrogen) atoms. The molecule has 0 bridgehead atoms. The Morgan fingerprint density at radius 2 is 1.88 bits per heavy atom. The molecule has 0 amide bonds. The van der Waals surface area contributed by atoms with Gasteiger partial charge in [0.2, 0.25) is 0 Å². The van der Waals surface area contributed by atoms with Crippen molar-refractivity contribution in [3.8, 4) is 0 Å². The summed E-state index contributed by atoms with van der Waals surface area (Å²) in [5.41, 5.74) is 0.445. The Balaban J connectivity index is 2.30.